The van der Waals surface area contributed by atoms with Crippen molar-refractivity contribution in [3.8, 4) is 0 Å². The summed E-state index contributed by atoms with van der Waals surface area (Å²) < 4.78 is 0.887. The molecule has 21 heavy (non-hydrogen) atoms. The van der Waals surface area contributed by atoms with Gasteiger partial charge in [0.15, 0.2) is 0 Å². The molecule has 6 heteroatoms. The van der Waals surface area contributed by atoms with E-state index in [-0.39, 0.29) is 11.8 Å². The first kappa shape index (κ1) is 15.8. The number of nitrogens with one attached hydrogen (secondary N) is 1. The second-order valence-corrected chi connectivity index (χ2v) is 6.51. The van der Waals surface area contributed by atoms with E-state index in [1.54, 1.807) is 0 Å². The molecule has 1 aromatic rings. The molecule has 1 aromatic carbocycles. The fraction of sp³-hybridized carbons (Fsp3) is 0.467. The highest BCUT2D eigenvalue weighted by atomic mass is 79.9. The maximum atomic E-state index is 12.3. The third kappa shape index (κ3) is 3.75. The van der Waals surface area contributed by atoms with Crippen LogP contribution in [0, 0.1) is 11.8 Å². The van der Waals surface area contributed by atoms with Crippen molar-refractivity contribution in [3.63, 3.8) is 0 Å². The van der Waals surface area contributed by atoms with Gasteiger partial charge in [-0.3, -0.25) is 9.59 Å². The van der Waals surface area contributed by atoms with Crippen LogP contribution in [0.1, 0.15) is 19.3 Å². The SMILES string of the molecule is CN(C)c1ccc(Br)cc1NC(=O)C1CCC(C(=O)O)C1. The molecule has 2 rings (SSSR count). The Kier molecular flexibility index (Phi) is 4.88. The third-order valence-electron chi connectivity index (χ3n) is 3.85. The van der Waals surface area contributed by atoms with Crippen molar-refractivity contribution >= 4 is 39.2 Å². The Hall–Kier alpha value is -1.56. The maximum Gasteiger partial charge on any atom is 0.306 e. The molecule has 0 saturated heterocycles. The lowest BCUT2D eigenvalue weighted by Crippen LogP contribution is -2.23. The number of aliphatic carboxylic acids is 1. The van der Waals surface area contributed by atoms with E-state index in [0.717, 1.165) is 15.8 Å². The number of hydrogen-bond acceptors (Lipinski definition) is 3. The summed E-state index contributed by atoms with van der Waals surface area (Å²) in [6, 6.07) is 5.70. The summed E-state index contributed by atoms with van der Waals surface area (Å²) in [5, 5.41) is 11.9. The van der Waals surface area contributed by atoms with Crippen LogP contribution in [-0.2, 0) is 9.59 Å². The van der Waals surface area contributed by atoms with E-state index < -0.39 is 11.9 Å². The minimum absolute atomic E-state index is 0.0973. The zero-order chi connectivity index (χ0) is 15.6. The summed E-state index contributed by atoms with van der Waals surface area (Å²) >= 11 is 3.40. The van der Waals surface area contributed by atoms with Crippen LogP contribution in [0.2, 0.25) is 0 Å². The topological polar surface area (TPSA) is 69.6 Å². The van der Waals surface area contributed by atoms with E-state index >= 15 is 0 Å². The normalized spacial score (nSPS) is 21.1. The summed E-state index contributed by atoms with van der Waals surface area (Å²) in [4.78, 5) is 25.2. The highest BCUT2D eigenvalue weighted by molar-refractivity contribution is 9.10. The number of rotatable bonds is 4. The number of nitrogens with zero attached hydrogens (tertiary/aromatic N) is 1. The lowest BCUT2D eigenvalue weighted by Gasteiger charge is -2.19. The molecule has 0 aromatic heterocycles. The lowest BCUT2D eigenvalue weighted by molar-refractivity contribution is -0.141. The Bertz CT molecular complexity index is 560. The molecule has 5 nitrogen and oxygen atoms in total. The van der Waals surface area contributed by atoms with Gasteiger partial charge in [0, 0.05) is 24.5 Å². The van der Waals surface area contributed by atoms with Crippen LogP contribution >= 0.6 is 15.9 Å². The van der Waals surface area contributed by atoms with Gasteiger partial charge in [0.25, 0.3) is 0 Å². The molecule has 1 fully saturated rings. The van der Waals surface area contributed by atoms with E-state index in [1.165, 1.54) is 0 Å². The summed E-state index contributed by atoms with van der Waals surface area (Å²) in [7, 11) is 3.82. The van der Waals surface area contributed by atoms with Gasteiger partial charge < -0.3 is 15.3 Å². The Morgan fingerprint density at radius 1 is 1.29 bits per heavy atom. The first-order valence-electron chi connectivity index (χ1n) is 6.89. The molecular formula is C15H19BrN2O3. The molecule has 0 spiro atoms. The number of anilines is 2. The van der Waals surface area contributed by atoms with Gasteiger partial charge in [0.05, 0.1) is 17.3 Å². The summed E-state index contributed by atoms with van der Waals surface area (Å²) in [5.41, 5.74) is 1.65. The molecule has 2 atom stereocenters. The van der Waals surface area contributed by atoms with E-state index in [4.69, 9.17) is 5.11 Å². The van der Waals surface area contributed by atoms with Crippen LogP contribution in [-0.4, -0.2) is 31.1 Å². The number of carboxylic acids is 1. The maximum absolute atomic E-state index is 12.3. The van der Waals surface area contributed by atoms with Crippen LogP contribution in [0.15, 0.2) is 22.7 Å². The quantitative estimate of drug-likeness (QED) is 0.871. The molecule has 1 aliphatic carbocycles. The molecule has 1 saturated carbocycles. The van der Waals surface area contributed by atoms with Crippen molar-refractivity contribution in [2.45, 2.75) is 19.3 Å². The average molecular weight is 355 g/mol. The largest absolute Gasteiger partial charge is 0.481 e. The molecule has 0 radical (unpaired) electrons. The average Bonchev–Trinajstić information content (AvgIpc) is 2.88. The summed E-state index contributed by atoms with van der Waals surface area (Å²) in [5.74, 6) is -1.52. The third-order valence-corrected chi connectivity index (χ3v) is 4.34. The molecule has 114 valence electrons. The van der Waals surface area contributed by atoms with Crippen LogP contribution < -0.4 is 10.2 Å². The van der Waals surface area contributed by atoms with Gasteiger partial charge in [0.2, 0.25) is 5.91 Å². The Morgan fingerprint density at radius 2 is 1.95 bits per heavy atom. The zero-order valence-electron chi connectivity index (χ0n) is 12.1. The number of amides is 1. The van der Waals surface area contributed by atoms with E-state index in [2.05, 4.69) is 21.2 Å². The summed E-state index contributed by atoms with van der Waals surface area (Å²) in [6.07, 6.45) is 1.63. The standard InChI is InChI=1S/C15H19BrN2O3/c1-18(2)13-6-5-11(16)8-12(13)17-14(19)9-3-4-10(7-9)15(20)21/h5-6,8-10H,3-4,7H2,1-2H3,(H,17,19)(H,20,21). The second kappa shape index (κ2) is 6.47. The minimum Gasteiger partial charge on any atom is -0.481 e. The van der Waals surface area contributed by atoms with Crippen LogP contribution in [0.3, 0.4) is 0 Å². The number of hydrogen-bond donors (Lipinski definition) is 2. The summed E-state index contributed by atoms with van der Waals surface area (Å²) in [6.45, 7) is 0. The van der Waals surface area contributed by atoms with Crippen molar-refractivity contribution in [2.24, 2.45) is 11.8 Å². The molecule has 2 N–H and O–H groups in total. The number of carboxylic acid groups (broad SMARTS) is 1. The number of halogens is 1. The fourth-order valence-electron chi connectivity index (χ4n) is 2.68. The van der Waals surface area contributed by atoms with E-state index in [0.29, 0.717) is 19.3 Å². The van der Waals surface area contributed by atoms with Crippen LogP contribution in [0.4, 0.5) is 11.4 Å². The molecule has 0 bridgehead atoms. The zero-order valence-corrected chi connectivity index (χ0v) is 13.7. The van der Waals surface area contributed by atoms with Gasteiger partial charge in [-0.05, 0) is 37.5 Å². The predicted octanol–water partition coefficient (Wildman–Crippen LogP) is 2.95. The Labute approximate surface area is 132 Å². The predicted molar refractivity (Wildman–Crippen MR) is 85.6 cm³/mol. The molecule has 1 aliphatic rings. The van der Waals surface area contributed by atoms with Gasteiger partial charge in [-0.1, -0.05) is 15.9 Å². The monoisotopic (exact) mass is 354 g/mol. The molecular weight excluding hydrogens is 336 g/mol. The van der Waals surface area contributed by atoms with Crippen molar-refractivity contribution in [3.05, 3.63) is 22.7 Å². The molecule has 0 heterocycles. The van der Waals surface area contributed by atoms with Crippen LogP contribution in [0.5, 0.6) is 0 Å². The minimum atomic E-state index is -0.804. The Morgan fingerprint density at radius 3 is 2.52 bits per heavy atom. The van der Waals surface area contributed by atoms with Gasteiger partial charge >= 0.3 is 5.97 Å². The first-order valence-corrected chi connectivity index (χ1v) is 7.68. The van der Waals surface area contributed by atoms with Gasteiger partial charge in [0.1, 0.15) is 0 Å². The lowest BCUT2D eigenvalue weighted by atomic mass is 10.0. The van der Waals surface area contributed by atoms with Gasteiger partial charge in [-0.15, -0.1) is 0 Å². The van der Waals surface area contributed by atoms with Crippen LogP contribution in [0.25, 0.3) is 0 Å². The van der Waals surface area contributed by atoms with E-state index in [1.807, 2.05) is 37.2 Å². The number of carbonyl (C=O) groups is 2. The fourth-order valence-corrected chi connectivity index (χ4v) is 3.04. The first-order chi connectivity index (χ1) is 9.88. The number of carbonyl (C=O) groups excluding carboxylic acids is 1. The number of benzene rings is 1. The van der Waals surface area contributed by atoms with Crippen molar-refractivity contribution in [1.29, 1.82) is 0 Å². The van der Waals surface area contributed by atoms with Crippen molar-refractivity contribution in [1.82, 2.24) is 0 Å². The smallest absolute Gasteiger partial charge is 0.306 e. The Balaban J connectivity index is 2.10. The molecule has 1 amide bonds. The van der Waals surface area contributed by atoms with Crippen molar-refractivity contribution in [2.75, 3.05) is 24.3 Å². The van der Waals surface area contributed by atoms with Gasteiger partial charge in [-0.2, -0.15) is 0 Å². The highest BCUT2D eigenvalue weighted by Crippen LogP contribution is 2.34. The van der Waals surface area contributed by atoms with Gasteiger partial charge in [-0.25, -0.2) is 0 Å². The second-order valence-electron chi connectivity index (χ2n) is 5.59. The van der Waals surface area contributed by atoms with Crippen molar-refractivity contribution < 1.29 is 14.7 Å². The highest BCUT2D eigenvalue weighted by Gasteiger charge is 2.34. The molecule has 2 unspecified atom stereocenters. The van der Waals surface area contributed by atoms with E-state index in [9.17, 15) is 9.59 Å². The molecule has 0 aliphatic heterocycles.